The first kappa shape index (κ1) is 11.4. The second kappa shape index (κ2) is 4.89. The van der Waals surface area contributed by atoms with Crippen LogP contribution in [0.15, 0.2) is 12.4 Å². The second-order valence-electron chi connectivity index (χ2n) is 4.59. The zero-order chi connectivity index (χ0) is 12.4. The van der Waals surface area contributed by atoms with Crippen LogP contribution in [0.25, 0.3) is 0 Å². The highest BCUT2D eigenvalue weighted by Gasteiger charge is 2.27. The summed E-state index contributed by atoms with van der Waals surface area (Å²) in [7, 11) is 0. The van der Waals surface area contributed by atoms with Gasteiger partial charge in [0.15, 0.2) is 11.6 Å². The van der Waals surface area contributed by atoms with Gasteiger partial charge in [0.25, 0.3) is 0 Å². The van der Waals surface area contributed by atoms with Gasteiger partial charge in [0.1, 0.15) is 0 Å². The second-order valence-corrected chi connectivity index (χ2v) is 4.59. The van der Waals surface area contributed by atoms with Crippen LogP contribution in [0.4, 0.5) is 11.6 Å². The Kier molecular flexibility index (Phi) is 3.10. The summed E-state index contributed by atoms with van der Waals surface area (Å²) in [5, 5.41) is 3.31. The Labute approximate surface area is 106 Å². The molecular formula is C12H17N5O. The van der Waals surface area contributed by atoms with Gasteiger partial charge in [-0.05, 0) is 6.42 Å². The Morgan fingerprint density at radius 2 is 1.78 bits per heavy atom. The van der Waals surface area contributed by atoms with Gasteiger partial charge >= 0.3 is 0 Å². The lowest BCUT2D eigenvalue weighted by Crippen LogP contribution is -2.44. The van der Waals surface area contributed by atoms with Crippen molar-refractivity contribution in [1.82, 2.24) is 15.3 Å². The molecule has 0 bridgehead atoms. The number of rotatable bonds is 2. The van der Waals surface area contributed by atoms with E-state index < -0.39 is 0 Å². The third-order valence-electron chi connectivity index (χ3n) is 3.41. The highest BCUT2D eigenvalue weighted by Crippen LogP contribution is 2.27. The molecule has 1 N–H and O–H groups in total. The Morgan fingerprint density at radius 3 is 2.44 bits per heavy atom. The zero-order valence-corrected chi connectivity index (χ0v) is 10.3. The molecule has 6 heteroatoms. The SMILES string of the molecule is O=C1CCCN1c1nccnc1N1CCNCC1. The molecule has 0 radical (unpaired) electrons. The fourth-order valence-electron chi connectivity index (χ4n) is 2.49. The quantitative estimate of drug-likeness (QED) is 0.798. The standard InChI is InChI=1S/C12H17N5O/c18-10-2-1-7-17(10)12-11(14-3-4-15-12)16-8-5-13-6-9-16/h3-4,13H,1-2,5-9H2. The van der Waals surface area contributed by atoms with Crippen molar-refractivity contribution in [2.75, 3.05) is 42.5 Å². The largest absolute Gasteiger partial charge is 0.351 e. The van der Waals surface area contributed by atoms with E-state index in [1.54, 1.807) is 17.3 Å². The summed E-state index contributed by atoms with van der Waals surface area (Å²) in [6.07, 6.45) is 4.89. The summed E-state index contributed by atoms with van der Waals surface area (Å²) in [5.41, 5.74) is 0. The van der Waals surface area contributed by atoms with Crippen molar-refractivity contribution in [2.45, 2.75) is 12.8 Å². The Balaban J connectivity index is 1.91. The maximum atomic E-state index is 11.8. The third-order valence-corrected chi connectivity index (χ3v) is 3.41. The van der Waals surface area contributed by atoms with Crippen molar-refractivity contribution < 1.29 is 4.79 Å². The van der Waals surface area contributed by atoms with Gasteiger partial charge in [0.05, 0.1) is 0 Å². The Bertz CT molecular complexity index is 444. The van der Waals surface area contributed by atoms with Gasteiger partial charge in [0.2, 0.25) is 5.91 Å². The Hall–Kier alpha value is -1.69. The van der Waals surface area contributed by atoms with Crippen LogP contribution >= 0.6 is 0 Å². The molecule has 3 rings (SSSR count). The fourth-order valence-corrected chi connectivity index (χ4v) is 2.49. The number of carbonyl (C=O) groups excluding carboxylic acids is 1. The minimum absolute atomic E-state index is 0.159. The van der Waals surface area contributed by atoms with Crippen molar-refractivity contribution in [1.29, 1.82) is 0 Å². The summed E-state index contributed by atoms with van der Waals surface area (Å²) in [6, 6.07) is 0. The summed E-state index contributed by atoms with van der Waals surface area (Å²) >= 11 is 0. The minimum atomic E-state index is 0.159. The van der Waals surface area contributed by atoms with Crippen LogP contribution in [-0.2, 0) is 4.79 Å². The summed E-state index contributed by atoms with van der Waals surface area (Å²) < 4.78 is 0. The molecule has 1 amide bonds. The molecule has 2 saturated heterocycles. The zero-order valence-electron chi connectivity index (χ0n) is 10.3. The maximum Gasteiger partial charge on any atom is 0.228 e. The first-order chi connectivity index (χ1) is 8.86. The first-order valence-corrected chi connectivity index (χ1v) is 6.43. The predicted molar refractivity (Wildman–Crippen MR) is 68.7 cm³/mol. The number of aromatic nitrogens is 2. The van der Waals surface area contributed by atoms with Crippen LogP contribution < -0.4 is 15.1 Å². The Morgan fingerprint density at radius 1 is 1.06 bits per heavy atom. The molecule has 0 spiro atoms. The lowest BCUT2D eigenvalue weighted by molar-refractivity contribution is -0.117. The van der Waals surface area contributed by atoms with E-state index in [-0.39, 0.29) is 5.91 Å². The van der Waals surface area contributed by atoms with E-state index in [4.69, 9.17) is 0 Å². The van der Waals surface area contributed by atoms with Crippen LogP contribution in [0, 0.1) is 0 Å². The van der Waals surface area contributed by atoms with Crippen molar-refractivity contribution >= 4 is 17.5 Å². The fraction of sp³-hybridized carbons (Fsp3) is 0.583. The number of nitrogens with zero attached hydrogens (tertiary/aromatic N) is 4. The molecule has 0 saturated carbocycles. The molecule has 2 aliphatic rings. The van der Waals surface area contributed by atoms with E-state index in [9.17, 15) is 4.79 Å². The monoisotopic (exact) mass is 247 g/mol. The van der Waals surface area contributed by atoms with Crippen LogP contribution in [0.3, 0.4) is 0 Å². The van der Waals surface area contributed by atoms with Gasteiger partial charge in [-0.1, -0.05) is 0 Å². The lowest BCUT2D eigenvalue weighted by Gasteiger charge is -2.30. The van der Waals surface area contributed by atoms with Crippen molar-refractivity contribution in [3.05, 3.63) is 12.4 Å². The van der Waals surface area contributed by atoms with E-state index in [1.807, 2.05) is 0 Å². The van der Waals surface area contributed by atoms with E-state index >= 15 is 0 Å². The normalized spacial score (nSPS) is 20.6. The number of piperazine rings is 1. The average molecular weight is 247 g/mol. The molecule has 0 unspecified atom stereocenters. The third kappa shape index (κ3) is 2.03. The molecule has 3 heterocycles. The number of carbonyl (C=O) groups is 1. The van der Waals surface area contributed by atoms with Crippen molar-refractivity contribution in [3.63, 3.8) is 0 Å². The summed E-state index contributed by atoms with van der Waals surface area (Å²) in [4.78, 5) is 24.6. The number of nitrogens with one attached hydrogen (secondary N) is 1. The molecule has 18 heavy (non-hydrogen) atoms. The van der Waals surface area contributed by atoms with Crippen LogP contribution in [-0.4, -0.2) is 48.6 Å². The molecule has 96 valence electrons. The number of hydrogen-bond donors (Lipinski definition) is 1. The molecule has 2 aliphatic heterocycles. The van der Waals surface area contributed by atoms with Gasteiger partial charge in [-0.15, -0.1) is 0 Å². The molecule has 0 aromatic carbocycles. The van der Waals surface area contributed by atoms with E-state index in [1.165, 1.54) is 0 Å². The highest BCUT2D eigenvalue weighted by atomic mass is 16.2. The van der Waals surface area contributed by atoms with Gasteiger partial charge in [-0.2, -0.15) is 0 Å². The van der Waals surface area contributed by atoms with Crippen molar-refractivity contribution in [3.8, 4) is 0 Å². The maximum absolute atomic E-state index is 11.8. The molecule has 0 atom stereocenters. The lowest BCUT2D eigenvalue weighted by atomic mass is 10.3. The molecule has 1 aromatic heterocycles. The van der Waals surface area contributed by atoms with Gasteiger partial charge in [-0.3, -0.25) is 9.69 Å². The topological polar surface area (TPSA) is 61.4 Å². The average Bonchev–Trinajstić information content (AvgIpc) is 2.86. The van der Waals surface area contributed by atoms with Crippen LogP contribution in [0.5, 0.6) is 0 Å². The van der Waals surface area contributed by atoms with Crippen LogP contribution in [0.2, 0.25) is 0 Å². The van der Waals surface area contributed by atoms with Crippen LogP contribution in [0.1, 0.15) is 12.8 Å². The summed E-state index contributed by atoms with van der Waals surface area (Å²) in [5.74, 6) is 1.73. The molecule has 1 aromatic rings. The molecular weight excluding hydrogens is 230 g/mol. The molecule has 6 nitrogen and oxygen atoms in total. The number of anilines is 2. The van der Waals surface area contributed by atoms with Crippen molar-refractivity contribution in [2.24, 2.45) is 0 Å². The minimum Gasteiger partial charge on any atom is -0.351 e. The van der Waals surface area contributed by atoms with E-state index in [2.05, 4.69) is 20.2 Å². The number of amides is 1. The van der Waals surface area contributed by atoms with E-state index in [0.29, 0.717) is 6.42 Å². The van der Waals surface area contributed by atoms with Gasteiger partial charge in [-0.25, -0.2) is 9.97 Å². The molecule has 0 aliphatic carbocycles. The molecule has 2 fully saturated rings. The first-order valence-electron chi connectivity index (χ1n) is 6.43. The predicted octanol–water partition coefficient (Wildman–Crippen LogP) is 0.0130. The highest BCUT2D eigenvalue weighted by molar-refractivity contribution is 5.96. The smallest absolute Gasteiger partial charge is 0.228 e. The van der Waals surface area contributed by atoms with Gasteiger partial charge < -0.3 is 10.2 Å². The van der Waals surface area contributed by atoms with E-state index in [0.717, 1.165) is 50.8 Å². The summed E-state index contributed by atoms with van der Waals surface area (Å²) in [6.45, 7) is 4.48. The number of hydrogen-bond acceptors (Lipinski definition) is 5. The van der Waals surface area contributed by atoms with Gasteiger partial charge in [0, 0.05) is 51.5 Å².